The minimum atomic E-state index is -5.30. The topological polar surface area (TPSA) is 233 Å². The molecule has 0 saturated carbocycles. The van der Waals surface area contributed by atoms with E-state index >= 15 is 0 Å². The van der Waals surface area contributed by atoms with E-state index in [0.717, 1.165) is 0 Å². The number of anilines is 1. The van der Waals surface area contributed by atoms with Crippen molar-refractivity contribution in [2.45, 2.75) is 24.5 Å². The van der Waals surface area contributed by atoms with Gasteiger partial charge in [0.1, 0.15) is 18.3 Å². The fraction of sp³-hybridized carbons (Fsp3) is 0.583. The molecule has 18 heteroatoms. The predicted octanol–water partition coefficient (Wildman–Crippen LogP) is -2.37. The summed E-state index contributed by atoms with van der Waals surface area (Å²) in [6, 6.07) is 0. The van der Waals surface area contributed by atoms with Gasteiger partial charge in [-0.15, -0.1) is 0 Å². The number of nitrogens with two attached hydrogens (primary N) is 1. The molecule has 2 aromatic heterocycles. The third-order valence-corrected chi connectivity index (χ3v) is 6.41. The number of phosphoric acid groups is 2. The minimum Gasteiger partial charge on any atom is -0.384 e. The summed E-state index contributed by atoms with van der Waals surface area (Å²) in [6.45, 7) is -0.721. The van der Waals surface area contributed by atoms with Crippen LogP contribution in [0.2, 0.25) is 0 Å². The largest absolute Gasteiger partial charge is 0.481 e. The molecule has 1 saturated heterocycles. The van der Waals surface area contributed by atoms with E-state index in [-0.39, 0.29) is 17.1 Å². The smallest absolute Gasteiger partial charge is 0.384 e. The lowest BCUT2D eigenvalue weighted by molar-refractivity contribution is -0.745. The summed E-state index contributed by atoms with van der Waals surface area (Å²) < 4.78 is 44.3. The molecule has 0 aliphatic carbocycles. The number of hydrogen-bond donors (Lipinski definition) is 6. The zero-order valence-electron chi connectivity index (χ0n) is 15.6. The average Bonchev–Trinajstić information content (AvgIpc) is 3.07. The number of nitrogen functional groups attached to an aromatic ring is 1. The molecule has 0 spiro atoms. The summed E-state index contributed by atoms with van der Waals surface area (Å²) in [4.78, 5) is 45.3. The molecular formula is C12H20N5O11P2+. The Hall–Kier alpha value is -1.71. The van der Waals surface area contributed by atoms with Crippen molar-refractivity contribution >= 4 is 32.8 Å². The summed E-state index contributed by atoms with van der Waals surface area (Å²) in [6.07, 6.45) is -3.32. The molecule has 0 aromatic carbocycles. The lowest BCUT2D eigenvalue weighted by Gasteiger charge is -2.19. The Bertz CT molecular complexity index is 1100. The molecule has 2 aromatic rings. The van der Waals surface area contributed by atoms with Crippen molar-refractivity contribution in [3.8, 4) is 0 Å². The number of nitrogens with zero attached hydrogens (tertiary/aromatic N) is 3. The highest BCUT2D eigenvalue weighted by Crippen LogP contribution is 2.57. The van der Waals surface area contributed by atoms with Gasteiger partial charge >= 0.3 is 21.3 Å². The highest BCUT2D eigenvalue weighted by molar-refractivity contribution is 7.60. The first-order valence-electron chi connectivity index (χ1n) is 8.19. The predicted molar refractivity (Wildman–Crippen MR) is 95.6 cm³/mol. The number of fused-ring (bicyclic) bond motifs is 1. The van der Waals surface area contributed by atoms with Gasteiger partial charge in [-0.25, -0.2) is 13.7 Å². The Kier molecular flexibility index (Phi) is 6.19. The molecule has 30 heavy (non-hydrogen) atoms. The number of aliphatic hydroxyl groups is 1. The maximum absolute atomic E-state index is 12.1. The van der Waals surface area contributed by atoms with Crippen molar-refractivity contribution < 1.29 is 51.8 Å². The Morgan fingerprint density at radius 3 is 2.67 bits per heavy atom. The highest BCUT2D eigenvalue weighted by Gasteiger charge is 2.49. The molecule has 0 radical (unpaired) electrons. The summed E-state index contributed by atoms with van der Waals surface area (Å²) >= 11 is 0. The number of aromatic nitrogens is 4. The number of imidazole rings is 1. The van der Waals surface area contributed by atoms with Crippen molar-refractivity contribution in [3.05, 3.63) is 16.7 Å². The zero-order chi connectivity index (χ0) is 22.4. The molecule has 2 unspecified atom stereocenters. The number of rotatable bonds is 7. The van der Waals surface area contributed by atoms with Gasteiger partial charge in [0.15, 0.2) is 6.33 Å². The molecule has 3 heterocycles. The van der Waals surface area contributed by atoms with E-state index in [0.29, 0.717) is 0 Å². The fourth-order valence-electron chi connectivity index (χ4n) is 3.16. The summed E-state index contributed by atoms with van der Waals surface area (Å²) in [7, 11) is -7.62. The van der Waals surface area contributed by atoms with Gasteiger partial charge in [-0.2, -0.15) is 4.31 Å². The quantitative estimate of drug-likeness (QED) is 0.183. The molecule has 5 atom stereocenters. The summed E-state index contributed by atoms with van der Waals surface area (Å²) in [5.74, 6) is -0.168. The van der Waals surface area contributed by atoms with Crippen molar-refractivity contribution in [1.29, 1.82) is 0 Å². The number of aromatic amines is 1. The highest BCUT2D eigenvalue weighted by atomic mass is 31.3. The number of methoxy groups -OCH3 is 1. The molecule has 1 fully saturated rings. The van der Waals surface area contributed by atoms with Crippen molar-refractivity contribution in [2.75, 3.05) is 19.5 Å². The van der Waals surface area contributed by atoms with E-state index in [4.69, 9.17) is 25.0 Å². The molecule has 1 aliphatic rings. The van der Waals surface area contributed by atoms with Crippen LogP contribution in [0.15, 0.2) is 11.1 Å². The van der Waals surface area contributed by atoms with E-state index in [9.17, 15) is 23.9 Å². The lowest BCUT2D eigenvalue weighted by Crippen LogP contribution is -2.46. The molecule has 3 rings (SSSR count). The van der Waals surface area contributed by atoms with Gasteiger partial charge in [-0.1, -0.05) is 4.98 Å². The van der Waals surface area contributed by atoms with Gasteiger partial charge in [-0.3, -0.25) is 18.9 Å². The second-order valence-electron chi connectivity index (χ2n) is 6.35. The van der Waals surface area contributed by atoms with E-state index in [2.05, 4.69) is 18.8 Å². The lowest BCUT2D eigenvalue weighted by atomic mass is 10.1. The van der Waals surface area contributed by atoms with Gasteiger partial charge in [0.05, 0.1) is 13.7 Å². The SMILES string of the molecule is COC1[C@@H](COP(=O)(O)OP(=O)(O)O)O[C@@H]([n+]2cn(C)c3c(=O)[nH]c(N)nc32)[C@H]1O. The third kappa shape index (κ3) is 4.63. The van der Waals surface area contributed by atoms with Crippen LogP contribution >= 0.6 is 15.6 Å². The number of nitrogens with one attached hydrogen (secondary N) is 1. The molecule has 1 aliphatic heterocycles. The Labute approximate surface area is 167 Å². The molecule has 0 bridgehead atoms. The van der Waals surface area contributed by atoms with Crippen LogP contribution < -0.4 is 15.9 Å². The summed E-state index contributed by atoms with van der Waals surface area (Å²) in [5.41, 5.74) is 5.30. The molecule has 168 valence electrons. The van der Waals surface area contributed by atoms with Crippen LogP contribution in [0.25, 0.3) is 11.2 Å². The maximum Gasteiger partial charge on any atom is 0.481 e. The van der Waals surface area contributed by atoms with Crippen molar-refractivity contribution in [2.24, 2.45) is 7.05 Å². The monoisotopic (exact) mass is 472 g/mol. The molecule has 16 nitrogen and oxygen atoms in total. The van der Waals surface area contributed by atoms with Crippen LogP contribution in [-0.2, 0) is 34.5 Å². The zero-order valence-corrected chi connectivity index (χ0v) is 17.3. The standard InChI is InChI=1S/C12H19N5O11P2/c1-16-4-17(9-6(16)10(19)15-12(13)14-9)11-7(18)8(25-2)5(27-11)3-26-30(23,24)28-29(20,21)22/h4-5,7-8,11,18H,3H2,1-2H3,(H5-,13,14,15,19,20,21,22,23,24)/p+1/t5-,7+,8?,11-/m1/s1. The maximum atomic E-state index is 12.1. The second-order valence-corrected chi connectivity index (χ2v) is 9.18. The van der Waals surface area contributed by atoms with Crippen LogP contribution in [0.4, 0.5) is 5.95 Å². The van der Waals surface area contributed by atoms with Gasteiger partial charge in [0, 0.05) is 7.11 Å². The second kappa shape index (κ2) is 8.09. The number of hydrogen-bond acceptors (Lipinski definition) is 10. The number of aryl methyl sites for hydroxylation is 1. The van der Waals surface area contributed by atoms with Crippen molar-refractivity contribution in [1.82, 2.24) is 14.5 Å². The average molecular weight is 472 g/mol. The van der Waals surface area contributed by atoms with E-state index in [1.54, 1.807) is 7.05 Å². The number of phosphoric ester groups is 1. The van der Waals surface area contributed by atoms with E-state index < -0.39 is 52.4 Å². The van der Waals surface area contributed by atoms with Gasteiger partial charge in [-0.05, 0) is 0 Å². The Morgan fingerprint density at radius 2 is 2.07 bits per heavy atom. The molecular weight excluding hydrogens is 452 g/mol. The number of ether oxygens (including phenoxy) is 2. The first kappa shape index (κ1) is 23.0. The van der Waals surface area contributed by atoms with E-state index in [1.165, 1.54) is 22.6 Å². The van der Waals surface area contributed by atoms with Crippen LogP contribution in [0, 0.1) is 0 Å². The first-order chi connectivity index (χ1) is 13.8. The van der Waals surface area contributed by atoms with Gasteiger partial charge in [0.2, 0.25) is 11.7 Å². The Morgan fingerprint density at radius 1 is 1.40 bits per heavy atom. The first-order valence-corrected chi connectivity index (χ1v) is 11.2. The minimum absolute atomic E-state index is 0.0943. The van der Waals surface area contributed by atoms with Crippen LogP contribution in [0.5, 0.6) is 0 Å². The number of aliphatic hydroxyl groups excluding tert-OH is 1. The normalized spacial score (nSPS) is 26.9. The molecule has 7 N–H and O–H groups in total. The van der Waals surface area contributed by atoms with Crippen LogP contribution in [0.1, 0.15) is 6.23 Å². The number of H-pyrrole nitrogens is 1. The third-order valence-electron chi connectivity index (χ3n) is 4.26. The van der Waals surface area contributed by atoms with Gasteiger partial charge < -0.3 is 35.0 Å². The van der Waals surface area contributed by atoms with Crippen molar-refractivity contribution in [3.63, 3.8) is 0 Å². The van der Waals surface area contributed by atoms with E-state index in [1.807, 2.05) is 0 Å². The Balaban J connectivity index is 1.87. The van der Waals surface area contributed by atoms with Crippen LogP contribution in [0.3, 0.4) is 0 Å². The summed E-state index contributed by atoms with van der Waals surface area (Å²) in [5, 5.41) is 10.6. The van der Waals surface area contributed by atoms with Gasteiger partial charge in [0.25, 0.3) is 11.5 Å². The molecule has 0 amide bonds. The van der Waals surface area contributed by atoms with Crippen LogP contribution in [-0.4, -0.2) is 66.4 Å². The fourth-order valence-corrected chi connectivity index (χ4v) is 4.75.